The number of Topliss-reactive ketones (excluding diaryl/α,β-unsaturated/α-hetero) is 1. The topological polar surface area (TPSA) is 82.8 Å². The highest BCUT2D eigenvalue weighted by atomic mass is 32.2. The lowest BCUT2D eigenvalue weighted by molar-refractivity contribution is -0.120. The van der Waals surface area contributed by atoms with Gasteiger partial charge in [-0.15, -0.1) is 11.8 Å². The third kappa shape index (κ3) is 2.12. The number of carbonyl (C=O) groups excluding carboxylic acids is 1. The molecular weight excluding hydrogens is 240 g/mol. The molecule has 90 valence electrons. The van der Waals surface area contributed by atoms with Gasteiger partial charge in [0.1, 0.15) is 27.8 Å². The Bertz CT molecular complexity index is 515. The molecule has 0 aliphatic carbocycles. The predicted molar refractivity (Wildman–Crippen MR) is 65.6 cm³/mol. The van der Waals surface area contributed by atoms with Crippen LogP contribution in [0.2, 0.25) is 0 Å². The molecule has 0 spiro atoms. The van der Waals surface area contributed by atoms with Gasteiger partial charge in [-0.25, -0.2) is 4.98 Å². The van der Waals surface area contributed by atoms with E-state index in [-0.39, 0.29) is 17.3 Å². The van der Waals surface area contributed by atoms with Gasteiger partial charge in [0, 0.05) is 11.8 Å². The summed E-state index contributed by atoms with van der Waals surface area (Å²) in [5.74, 6) is 0.283. The van der Waals surface area contributed by atoms with E-state index < -0.39 is 5.54 Å². The molecule has 17 heavy (non-hydrogen) atoms. The molecule has 0 bridgehead atoms. The van der Waals surface area contributed by atoms with Gasteiger partial charge in [-0.05, 0) is 13.8 Å². The van der Waals surface area contributed by atoms with Gasteiger partial charge in [-0.2, -0.15) is 0 Å². The standard InChI is InChI=1S/C11H12N2O3S/c1-6(14)11(2)5-17-10(13-11)9-8(16)3-7(15)4-12-9/h3-4,15-16H,5H2,1-2H3/t11-/m1/s1. The molecule has 1 aliphatic rings. The number of pyridine rings is 1. The van der Waals surface area contributed by atoms with Crippen LogP contribution >= 0.6 is 11.8 Å². The predicted octanol–water partition coefficient (Wildman–Crippen LogP) is 1.33. The number of ketones is 1. The fraction of sp³-hybridized carbons (Fsp3) is 0.364. The summed E-state index contributed by atoms with van der Waals surface area (Å²) in [7, 11) is 0. The molecule has 1 aliphatic heterocycles. The van der Waals surface area contributed by atoms with Gasteiger partial charge in [-0.3, -0.25) is 9.79 Å². The Morgan fingerprint density at radius 1 is 1.53 bits per heavy atom. The molecule has 1 aromatic rings. The minimum Gasteiger partial charge on any atom is -0.506 e. The Balaban J connectivity index is 2.40. The fourth-order valence-corrected chi connectivity index (χ4v) is 2.65. The van der Waals surface area contributed by atoms with Crippen molar-refractivity contribution in [2.45, 2.75) is 19.4 Å². The van der Waals surface area contributed by atoms with E-state index in [1.165, 1.54) is 30.9 Å². The number of aliphatic imine (C=N–C) groups is 1. The highest BCUT2D eigenvalue weighted by Crippen LogP contribution is 2.34. The van der Waals surface area contributed by atoms with Crippen molar-refractivity contribution in [1.29, 1.82) is 0 Å². The number of nitrogens with zero attached hydrogens (tertiary/aromatic N) is 2. The van der Waals surface area contributed by atoms with Crippen molar-refractivity contribution >= 4 is 22.6 Å². The lowest BCUT2D eigenvalue weighted by Crippen LogP contribution is -2.31. The second-order valence-corrected chi connectivity index (χ2v) is 5.06. The molecule has 2 N–H and O–H groups in total. The van der Waals surface area contributed by atoms with Gasteiger partial charge in [0.25, 0.3) is 0 Å². The molecule has 0 saturated heterocycles. The third-order valence-electron chi connectivity index (χ3n) is 2.65. The first-order valence-electron chi connectivity index (χ1n) is 5.04. The molecule has 0 radical (unpaired) electrons. The third-order valence-corrected chi connectivity index (χ3v) is 3.92. The summed E-state index contributed by atoms with van der Waals surface area (Å²) >= 11 is 1.38. The monoisotopic (exact) mass is 252 g/mol. The Labute approximate surface area is 103 Å². The molecule has 0 aromatic carbocycles. The summed E-state index contributed by atoms with van der Waals surface area (Å²) in [6.07, 6.45) is 1.24. The molecule has 2 heterocycles. The van der Waals surface area contributed by atoms with E-state index >= 15 is 0 Å². The molecule has 1 atom stereocenters. The van der Waals surface area contributed by atoms with E-state index in [4.69, 9.17) is 5.11 Å². The molecular formula is C11H12N2O3S. The van der Waals surface area contributed by atoms with E-state index in [0.29, 0.717) is 16.5 Å². The Kier molecular flexibility index (Phi) is 2.82. The van der Waals surface area contributed by atoms with Crippen LogP contribution in [0.25, 0.3) is 0 Å². The molecule has 0 fully saturated rings. The van der Waals surface area contributed by atoms with Crippen molar-refractivity contribution in [3.8, 4) is 11.5 Å². The van der Waals surface area contributed by atoms with Crippen LogP contribution in [0, 0.1) is 0 Å². The minimum atomic E-state index is -0.744. The smallest absolute Gasteiger partial charge is 0.157 e. The van der Waals surface area contributed by atoms with Crippen molar-refractivity contribution in [3.63, 3.8) is 0 Å². The van der Waals surface area contributed by atoms with E-state index in [9.17, 15) is 9.90 Å². The SMILES string of the molecule is CC(=O)[C@@]1(C)CSC(c2ncc(O)cc2O)=N1. The zero-order valence-corrected chi connectivity index (χ0v) is 10.3. The van der Waals surface area contributed by atoms with Crippen LogP contribution in [0.1, 0.15) is 19.5 Å². The van der Waals surface area contributed by atoms with Crippen LogP contribution < -0.4 is 0 Å². The molecule has 6 heteroatoms. The molecule has 5 nitrogen and oxygen atoms in total. The van der Waals surface area contributed by atoms with E-state index in [1.807, 2.05) is 0 Å². The van der Waals surface area contributed by atoms with Crippen molar-refractivity contribution in [2.75, 3.05) is 5.75 Å². The maximum Gasteiger partial charge on any atom is 0.157 e. The summed E-state index contributed by atoms with van der Waals surface area (Å²) in [6.45, 7) is 3.25. The normalized spacial score (nSPS) is 23.5. The van der Waals surface area contributed by atoms with Crippen LogP contribution in [0.15, 0.2) is 17.3 Å². The molecule has 2 rings (SSSR count). The Morgan fingerprint density at radius 2 is 2.24 bits per heavy atom. The van der Waals surface area contributed by atoms with Crippen molar-refractivity contribution < 1.29 is 15.0 Å². The maximum absolute atomic E-state index is 11.4. The zero-order valence-electron chi connectivity index (χ0n) is 9.47. The summed E-state index contributed by atoms with van der Waals surface area (Å²) < 4.78 is 0. The second-order valence-electron chi connectivity index (χ2n) is 4.10. The number of aromatic hydroxyl groups is 2. The van der Waals surface area contributed by atoms with Crippen LogP contribution in [0.3, 0.4) is 0 Å². The molecule has 0 unspecified atom stereocenters. The van der Waals surface area contributed by atoms with Gasteiger partial charge in [0.2, 0.25) is 0 Å². The van der Waals surface area contributed by atoms with Crippen LogP contribution in [0.4, 0.5) is 0 Å². The first kappa shape index (κ1) is 11.9. The van der Waals surface area contributed by atoms with Crippen LogP contribution in [-0.2, 0) is 4.79 Å². The maximum atomic E-state index is 11.4. The summed E-state index contributed by atoms with van der Waals surface area (Å²) in [5.41, 5.74) is -0.441. The van der Waals surface area contributed by atoms with Crippen molar-refractivity contribution in [2.24, 2.45) is 4.99 Å². The summed E-state index contributed by atoms with van der Waals surface area (Å²) in [6, 6.07) is 1.20. The zero-order chi connectivity index (χ0) is 12.6. The fourth-order valence-electron chi connectivity index (χ4n) is 1.41. The number of aromatic nitrogens is 1. The summed E-state index contributed by atoms with van der Waals surface area (Å²) in [4.78, 5) is 19.7. The van der Waals surface area contributed by atoms with Crippen LogP contribution in [0.5, 0.6) is 11.5 Å². The molecule has 1 aromatic heterocycles. The van der Waals surface area contributed by atoms with Gasteiger partial charge in [0.15, 0.2) is 5.78 Å². The Hall–Kier alpha value is -1.56. The number of carbonyl (C=O) groups is 1. The highest BCUT2D eigenvalue weighted by molar-refractivity contribution is 8.14. The number of hydrogen-bond acceptors (Lipinski definition) is 6. The average molecular weight is 252 g/mol. The first-order chi connectivity index (χ1) is 7.92. The van der Waals surface area contributed by atoms with E-state index in [2.05, 4.69) is 9.98 Å². The molecule has 0 amide bonds. The molecule has 0 saturated carbocycles. The highest BCUT2D eigenvalue weighted by Gasteiger charge is 2.36. The van der Waals surface area contributed by atoms with Gasteiger partial charge < -0.3 is 10.2 Å². The Morgan fingerprint density at radius 3 is 2.76 bits per heavy atom. The summed E-state index contributed by atoms with van der Waals surface area (Å²) in [5, 5.41) is 19.3. The van der Waals surface area contributed by atoms with Crippen molar-refractivity contribution in [3.05, 3.63) is 18.0 Å². The number of thioether (sulfide) groups is 1. The van der Waals surface area contributed by atoms with Crippen LogP contribution in [-0.4, -0.2) is 37.3 Å². The average Bonchev–Trinajstić information content (AvgIpc) is 2.62. The number of hydrogen-bond donors (Lipinski definition) is 2. The minimum absolute atomic E-state index is 0.0155. The van der Waals surface area contributed by atoms with Gasteiger partial charge in [-0.1, -0.05) is 0 Å². The first-order valence-corrected chi connectivity index (χ1v) is 6.03. The largest absolute Gasteiger partial charge is 0.506 e. The quantitative estimate of drug-likeness (QED) is 0.829. The van der Waals surface area contributed by atoms with Gasteiger partial charge >= 0.3 is 0 Å². The van der Waals surface area contributed by atoms with E-state index in [1.54, 1.807) is 6.92 Å². The van der Waals surface area contributed by atoms with Crippen molar-refractivity contribution in [1.82, 2.24) is 4.98 Å². The van der Waals surface area contributed by atoms with E-state index in [0.717, 1.165) is 0 Å². The van der Waals surface area contributed by atoms with Gasteiger partial charge in [0.05, 0.1) is 6.20 Å². The second kappa shape index (κ2) is 4.03. The lowest BCUT2D eigenvalue weighted by atomic mass is 10.0. The number of rotatable bonds is 2. The lowest BCUT2D eigenvalue weighted by Gasteiger charge is -2.13.